The van der Waals surface area contributed by atoms with Crippen molar-refractivity contribution in [1.29, 1.82) is 0 Å². The van der Waals surface area contributed by atoms with Gasteiger partial charge in [0.25, 0.3) is 0 Å². The Morgan fingerprint density at radius 2 is 2.24 bits per heavy atom. The number of nitrogens with one attached hydrogen (secondary N) is 2. The molecule has 1 saturated carbocycles. The SMILES string of the molecule is CCCC1CC1NCC1CNc2ccccc21. The molecule has 1 fully saturated rings. The van der Waals surface area contributed by atoms with E-state index in [1.165, 1.54) is 30.5 Å². The lowest BCUT2D eigenvalue weighted by Crippen LogP contribution is -2.25. The third-order valence-electron chi connectivity index (χ3n) is 4.15. The van der Waals surface area contributed by atoms with E-state index in [-0.39, 0.29) is 0 Å². The lowest BCUT2D eigenvalue weighted by atomic mass is 10.0. The summed E-state index contributed by atoms with van der Waals surface area (Å²) in [5.41, 5.74) is 2.83. The molecule has 2 heteroatoms. The summed E-state index contributed by atoms with van der Waals surface area (Å²) >= 11 is 0. The zero-order valence-electron chi connectivity index (χ0n) is 10.6. The largest absolute Gasteiger partial charge is 0.384 e. The summed E-state index contributed by atoms with van der Waals surface area (Å²) in [5, 5.41) is 7.23. The van der Waals surface area contributed by atoms with Crippen LogP contribution in [-0.2, 0) is 0 Å². The van der Waals surface area contributed by atoms with Crippen LogP contribution in [0.25, 0.3) is 0 Å². The molecule has 0 spiro atoms. The molecule has 3 atom stereocenters. The Morgan fingerprint density at radius 1 is 1.35 bits per heavy atom. The second kappa shape index (κ2) is 4.69. The van der Waals surface area contributed by atoms with Crippen LogP contribution in [0, 0.1) is 5.92 Å². The maximum absolute atomic E-state index is 3.73. The van der Waals surface area contributed by atoms with Crippen molar-refractivity contribution in [3.63, 3.8) is 0 Å². The normalized spacial score (nSPS) is 29.8. The molecular formula is C15H22N2. The standard InChI is InChI=1S/C15H22N2/c1-2-5-11-8-15(11)17-10-12-9-16-14-7-4-3-6-13(12)14/h3-4,6-7,11-12,15-17H,2,5,8-10H2,1H3. The van der Waals surface area contributed by atoms with Crippen LogP contribution in [0.4, 0.5) is 5.69 Å². The molecule has 2 aliphatic rings. The van der Waals surface area contributed by atoms with Gasteiger partial charge < -0.3 is 10.6 Å². The number of benzene rings is 1. The maximum atomic E-state index is 3.73. The van der Waals surface area contributed by atoms with E-state index in [0.29, 0.717) is 5.92 Å². The van der Waals surface area contributed by atoms with E-state index >= 15 is 0 Å². The molecule has 1 aromatic rings. The second-order valence-corrected chi connectivity index (χ2v) is 5.46. The topological polar surface area (TPSA) is 24.1 Å². The molecule has 0 bridgehead atoms. The van der Waals surface area contributed by atoms with E-state index in [1.807, 2.05) is 0 Å². The van der Waals surface area contributed by atoms with Gasteiger partial charge in [0.1, 0.15) is 0 Å². The Bertz CT molecular complexity index is 388. The molecule has 3 rings (SSSR count). The van der Waals surface area contributed by atoms with Gasteiger partial charge in [-0.1, -0.05) is 31.5 Å². The van der Waals surface area contributed by atoms with Crippen molar-refractivity contribution >= 4 is 5.69 Å². The number of anilines is 1. The van der Waals surface area contributed by atoms with Crippen LogP contribution in [-0.4, -0.2) is 19.1 Å². The van der Waals surface area contributed by atoms with Gasteiger partial charge in [-0.15, -0.1) is 0 Å². The highest BCUT2D eigenvalue weighted by atomic mass is 15.0. The fourth-order valence-corrected chi connectivity index (χ4v) is 3.02. The lowest BCUT2D eigenvalue weighted by Gasteiger charge is -2.11. The highest BCUT2D eigenvalue weighted by Gasteiger charge is 2.36. The van der Waals surface area contributed by atoms with Gasteiger partial charge >= 0.3 is 0 Å². The zero-order chi connectivity index (χ0) is 11.7. The van der Waals surface area contributed by atoms with Crippen LogP contribution in [0.15, 0.2) is 24.3 Å². The summed E-state index contributed by atoms with van der Waals surface area (Å²) in [4.78, 5) is 0. The number of fused-ring (bicyclic) bond motifs is 1. The number of hydrogen-bond donors (Lipinski definition) is 2. The van der Waals surface area contributed by atoms with E-state index in [0.717, 1.165) is 25.0 Å². The first kappa shape index (κ1) is 11.1. The van der Waals surface area contributed by atoms with Gasteiger partial charge in [0.15, 0.2) is 0 Å². The van der Waals surface area contributed by atoms with Crippen molar-refractivity contribution < 1.29 is 0 Å². The summed E-state index contributed by atoms with van der Waals surface area (Å²) < 4.78 is 0. The highest BCUT2D eigenvalue weighted by molar-refractivity contribution is 5.57. The molecule has 0 amide bonds. The molecule has 2 nitrogen and oxygen atoms in total. The molecule has 0 aromatic heterocycles. The van der Waals surface area contributed by atoms with Gasteiger partial charge in [-0.2, -0.15) is 0 Å². The third kappa shape index (κ3) is 2.32. The number of rotatable bonds is 5. The molecule has 0 saturated heterocycles. The molecule has 92 valence electrons. The predicted molar refractivity (Wildman–Crippen MR) is 72.5 cm³/mol. The van der Waals surface area contributed by atoms with Crippen LogP contribution < -0.4 is 10.6 Å². The smallest absolute Gasteiger partial charge is 0.0376 e. The lowest BCUT2D eigenvalue weighted by molar-refractivity contribution is 0.565. The molecule has 1 heterocycles. The maximum Gasteiger partial charge on any atom is 0.0376 e. The van der Waals surface area contributed by atoms with Crippen molar-refractivity contribution in [3.05, 3.63) is 29.8 Å². The molecule has 0 radical (unpaired) electrons. The molecule has 17 heavy (non-hydrogen) atoms. The van der Waals surface area contributed by atoms with Crippen molar-refractivity contribution in [2.75, 3.05) is 18.4 Å². The number of para-hydroxylation sites is 1. The Labute approximate surface area is 104 Å². The Kier molecular flexibility index (Phi) is 3.06. The van der Waals surface area contributed by atoms with Crippen molar-refractivity contribution in [2.45, 2.75) is 38.1 Å². The average molecular weight is 230 g/mol. The van der Waals surface area contributed by atoms with Crippen LogP contribution in [0.5, 0.6) is 0 Å². The monoisotopic (exact) mass is 230 g/mol. The summed E-state index contributed by atoms with van der Waals surface area (Å²) in [6, 6.07) is 9.52. The predicted octanol–water partition coefficient (Wildman–Crippen LogP) is 2.97. The van der Waals surface area contributed by atoms with Gasteiger partial charge in [0.05, 0.1) is 0 Å². The fraction of sp³-hybridized carbons (Fsp3) is 0.600. The first-order valence-corrected chi connectivity index (χ1v) is 6.94. The summed E-state index contributed by atoms with van der Waals surface area (Å²) in [6.45, 7) is 4.51. The van der Waals surface area contributed by atoms with Crippen LogP contribution >= 0.6 is 0 Å². The first-order valence-electron chi connectivity index (χ1n) is 6.94. The van der Waals surface area contributed by atoms with E-state index in [1.54, 1.807) is 0 Å². The van der Waals surface area contributed by atoms with Gasteiger partial charge in [-0.3, -0.25) is 0 Å². The van der Waals surface area contributed by atoms with Gasteiger partial charge in [-0.25, -0.2) is 0 Å². The molecule has 1 aliphatic carbocycles. The molecule has 3 unspecified atom stereocenters. The van der Waals surface area contributed by atoms with Crippen LogP contribution in [0.3, 0.4) is 0 Å². The van der Waals surface area contributed by atoms with Gasteiger partial charge in [0, 0.05) is 30.7 Å². The zero-order valence-corrected chi connectivity index (χ0v) is 10.6. The van der Waals surface area contributed by atoms with Crippen molar-refractivity contribution in [3.8, 4) is 0 Å². The third-order valence-corrected chi connectivity index (χ3v) is 4.15. The van der Waals surface area contributed by atoms with Gasteiger partial charge in [-0.05, 0) is 30.4 Å². The molecule has 2 N–H and O–H groups in total. The van der Waals surface area contributed by atoms with E-state index in [9.17, 15) is 0 Å². The van der Waals surface area contributed by atoms with E-state index < -0.39 is 0 Å². The number of hydrogen-bond acceptors (Lipinski definition) is 2. The Balaban J connectivity index is 1.51. The quantitative estimate of drug-likeness (QED) is 0.812. The summed E-state index contributed by atoms with van der Waals surface area (Å²) in [7, 11) is 0. The van der Waals surface area contributed by atoms with Crippen LogP contribution in [0.1, 0.15) is 37.7 Å². The van der Waals surface area contributed by atoms with Crippen molar-refractivity contribution in [2.24, 2.45) is 5.92 Å². The highest BCUT2D eigenvalue weighted by Crippen LogP contribution is 2.36. The minimum Gasteiger partial charge on any atom is -0.384 e. The fourth-order valence-electron chi connectivity index (χ4n) is 3.02. The van der Waals surface area contributed by atoms with Gasteiger partial charge in [0.2, 0.25) is 0 Å². The van der Waals surface area contributed by atoms with E-state index in [2.05, 4.69) is 41.8 Å². The van der Waals surface area contributed by atoms with Crippen molar-refractivity contribution in [1.82, 2.24) is 5.32 Å². The summed E-state index contributed by atoms with van der Waals surface area (Å²) in [6.07, 6.45) is 4.13. The Hall–Kier alpha value is -1.02. The molecule has 1 aromatic carbocycles. The Morgan fingerprint density at radius 3 is 3.12 bits per heavy atom. The van der Waals surface area contributed by atoms with Crippen LogP contribution in [0.2, 0.25) is 0 Å². The molecule has 1 aliphatic heterocycles. The second-order valence-electron chi connectivity index (χ2n) is 5.46. The minimum absolute atomic E-state index is 0.661. The van der Waals surface area contributed by atoms with E-state index in [4.69, 9.17) is 0 Å². The summed E-state index contributed by atoms with van der Waals surface area (Å²) in [5.74, 6) is 1.62. The first-order chi connectivity index (χ1) is 8.38. The minimum atomic E-state index is 0.661. The molecular weight excluding hydrogens is 208 g/mol. The average Bonchev–Trinajstić information content (AvgIpc) is 2.97.